The van der Waals surface area contributed by atoms with Crippen LogP contribution in [0.5, 0.6) is 0 Å². The fourth-order valence-electron chi connectivity index (χ4n) is 3.73. The number of hydrogen-bond acceptors (Lipinski definition) is 2. The Balaban J connectivity index is 1.52. The van der Waals surface area contributed by atoms with Gasteiger partial charge in [-0.1, -0.05) is 131 Å². The molecule has 0 aliphatic rings. The highest BCUT2D eigenvalue weighted by atomic mass is 33.1. The Bertz CT molecular complexity index is 985. The van der Waals surface area contributed by atoms with Gasteiger partial charge in [-0.05, 0) is 47.2 Å². The van der Waals surface area contributed by atoms with Crippen LogP contribution in [0.4, 0.5) is 0 Å². The van der Waals surface area contributed by atoms with E-state index in [1.54, 1.807) is 0 Å². The summed E-state index contributed by atoms with van der Waals surface area (Å²) in [5, 5.41) is 0.801. The first-order chi connectivity index (χ1) is 14.7. The highest BCUT2D eigenvalue weighted by molar-refractivity contribution is 8.76. The van der Waals surface area contributed by atoms with Gasteiger partial charge in [0.1, 0.15) is 0 Å². The fraction of sp³-hybridized carbons (Fsp3) is 0.143. The van der Waals surface area contributed by atoms with E-state index in [-0.39, 0.29) is 0 Å². The van der Waals surface area contributed by atoms with Crippen molar-refractivity contribution in [1.29, 1.82) is 0 Å². The van der Waals surface area contributed by atoms with Crippen LogP contribution in [0.25, 0.3) is 22.3 Å². The van der Waals surface area contributed by atoms with Gasteiger partial charge in [-0.15, -0.1) is 0 Å². The lowest BCUT2D eigenvalue weighted by Crippen LogP contribution is -1.94. The van der Waals surface area contributed by atoms with Gasteiger partial charge in [-0.3, -0.25) is 0 Å². The van der Waals surface area contributed by atoms with E-state index < -0.39 is 0 Å². The molecule has 0 saturated heterocycles. The van der Waals surface area contributed by atoms with Gasteiger partial charge in [-0.2, -0.15) is 0 Å². The first kappa shape index (κ1) is 20.8. The molecule has 0 fully saturated rings. The van der Waals surface area contributed by atoms with Crippen molar-refractivity contribution < 1.29 is 0 Å². The molecule has 0 unspecified atom stereocenters. The zero-order chi connectivity index (χ0) is 20.8. The van der Waals surface area contributed by atoms with E-state index in [1.165, 1.54) is 33.4 Å². The van der Waals surface area contributed by atoms with Crippen molar-refractivity contribution in [1.82, 2.24) is 0 Å². The van der Waals surface area contributed by atoms with Gasteiger partial charge < -0.3 is 0 Å². The van der Waals surface area contributed by atoms with Crippen molar-refractivity contribution in [2.24, 2.45) is 0 Å². The van der Waals surface area contributed by atoms with Gasteiger partial charge in [0.05, 0.1) is 0 Å². The van der Waals surface area contributed by atoms with E-state index in [0.717, 1.165) is 0 Å². The van der Waals surface area contributed by atoms with Crippen LogP contribution in [0, 0.1) is 0 Å². The third-order valence-corrected chi connectivity index (χ3v) is 8.57. The minimum atomic E-state index is 0.401. The van der Waals surface area contributed by atoms with Gasteiger partial charge in [0, 0.05) is 10.5 Å². The molecule has 0 heterocycles. The van der Waals surface area contributed by atoms with Gasteiger partial charge in [0.15, 0.2) is 0 Å². The van der Waals surface area contributed by atoms with E-state index in [0.29, 0.717) is 10.5 Å². The van der Waals surface area contributed by atoms with Gasteiger partial charge >= 0.3 is 0 Å². The SMILES string of the molecule is C[C@@H](SS[C@H](C)c1ccccc1-c1ccccc1)c1ccccc1-c1ccccc1. The van der Waals surface area contributed by atoms with Crippen LogP contribution in [-0.2, 0) is 0 Å². The molecule has 4 aromatic carbocycles. The minimum Gasteiger partial charge on any atom is -0.0856 e. The summed E-state index contributed by atoms with van der Waals surface area (Å²) in [7, 11) is 3.92. The first-order valence-corrected chi connectivity index (χ1v) is 12.6. The normalized spacial score (nSPS) is 13.0. The van der Waals surface area contributed by atoms with E-state index in [2.05, 4.69) is 123 Å². The van der Waals surface area contributed by atoms with Crippen molar-refractivity contribution in [2.45, 2.75) is 24.3 Å². The molecule has 0 aromatic heterocycles. The smallest absolute Gasteiger partial charge is 0.0379 e. The van der Waals surface area contributed by atoms with Crippen molar-refractivity contribution >= 4 is 21.6 Å². The van der Waals surface area contributed by atoms with Crippen molar-refractivity contribution in [3.63, 3.8) is 0 Å². The Morgan fingerprint density at radius 1 is 0.433 bits per heavy atom. The number of rotatable bonds is 7. The highest BCUT2D eigenvalue weighted by Crippen LogP contribution is 2.48. The summed E-state index contributed by atoms with van der Waals surface area (Å²) < 4.78 is 0. The predicted molar refractivity (Wildman–Crippen MR) is 136 cm³/mol. The molecule has 0 saturated carbocycles. The van der Waals surface area contributed by atoms with Crippen molar-refractivity contribution in [2.75, 3.05) is 0 Å². The largest absolute Gasteiger partial charge is 0.0856 e. The Labute approximate surface area is 188 Å². The Kier molecular flexibility index (Phi) is 6.99. The van der Waals surface area contributed by atoms with Crippen LogP contribution >= 0.6 is 21.6 Å². The lowest BCUT2D eigenvalue weighted by atomic mass is 9.98. The van der Waals surface area contributed by atoms with Crippen LogP contribution in [0.1, 0.15) is 35.5 Å². The molecule has 0 N–H and O–H groups in total. The van der Waals surface area contributed by atoms with Gasteiger partial charge in [-0.25, -0.2) is 0 Å². The second-order valence-electron chi connectivity index (χ2n) is 7.38. The Hall–Kier alpha value is -2.42. The zero-order valence-corrected chi connectivity index (χ0v) is 19.0. The molecule has 0 spiro atoms. The highest BCUT2D eigenvalue weighted by Gasteiger charge is 2.17. The maximum atomic E-state index is 2.31. The molecule has 150 valence electrons. The molecule has 2 heteroatoms. The molecule has 0 aliphatic heterocycles. The van der Waals surface area contributed by atoms with Gasteiger partial charge in [0.25, 0.3) is 0 Å². The fourth-order valence-corrected chi connectivity index (χ4v) is 6.31. The van der Waals surface area contributed by atoms with Crippen LogP contribution < -0.4 is 0 Å². The molecule has 0 radical (unpaired) electrons. The lowest BCUT2D eigenvalue weighted by Gasteiger charge is -2.20. The minimum absolute atomic E-state index is 0.401. The summed E-state index contributed by atoms with van der Waals surface area (Å²) in [4.78, 5) is 0. The molecule has 0 aliphatic carbocycles. The maximum absolute atomic E-state index is 2.31. The second-order valence-corrected chi connectivity index (χ2v) is 10.3. The monoisotopic (exact) mass is 426 g/mol. The van der Waals surface area contributed by atoms with E-state index >= 15 is 0 Å². The van der Waals surface area contributed by atoms with Gasteiger partial charge in [0.2, 0.25) is 0 Å². The quantitative estimate of drug-likeness (QED) is 0.270. The average Bonchev–Trinajstić information content (AvgIpc) is 2.83. The topological polar surface area (TPSA) is 0 Å². The molecule has 4 rings (SSSR count). The molecule has 30 heavy (non-hydrogen) atoms. The first-order valence-electron chi connectivity index (χ1n) is 10.3. The van der Waals surface area contributed by atoms with Crippen LogP contribution in [0.2, 0.25) is 0 Å². The molecule has 4 aromatic rings. The van der Waals surface area contributed by atoms with E-state index in [1.807, 2.05) is 21.6 Å². The third-order valence-electron chi connectivity index (χ3n) is 5.31. The van der Waals surface area contributed by atoms with Crippen molar-refractivity contribution in [3.8, 4) is 22.3 Å². The Morgan fingerprint density at radius 2 is 0.767 bits per heavy atom. The lowest BCUT2D eigenvalue weighted by molar-refractivity contribution is 1.10. The molecule has 0 bridgehead atoms. The molecular formula is C28H26S2. The number of benzene rings is 4. The summed E-state index contributed by atoms with van der Waals surface area (Å²) in [5.41, 5.74) is 8.02. The zero-order valence-electron chi connectivity index (χ0n) is 17.4. The van der Waals surface area contributed by atoms with Crippen LogP contribution in [-0.4, -0.2) is 0 Å². The van der Waals surface area contributed by atoms with Crippen LogP contribution in [0.3, 0.4) is 0 Å². The van der Waals surface area contributed by atoms with E-state index in [4.69, 9.17) is 0 Å². The Morgan fingerprint density at radius 3 is 1.17 bits per heavy atom. The molecule has 0 nitrogen and oxygen atoms in total. The summed E-state index contributed by atoms with van der Waals surface area (Å²) in [5.74, 6) is 0. The standard InChI is InChI=1S/C28H26S2/c1-21(25-17-9-11-19-27(25)23-13-5-3-6-14-23)29-30-22(2)26-18-10-12-20-28(26)24-15-7-4-8-16-24/h3-22H,1-2H3/t21-,22-/m1/s1. The van der Waals surface area contributed by atoms with Crippen LogP contribution in [0.15, 0.2) is 109 Å². The summed E-state index contributed by atoms with van der Waals surface area (Å²) >= 11 is 0. The van der Waals surface area contributed by atoms with Crippen molar-refractivity contribution in [3.05, 3.63) is 120 Å². The number of hydrogen-bond donors (Lipinski definition) is 0. The third kappa shape index (κ3) is 4.83. The molecular weight excluding hydrogens is 400 g/mol. The molecule has 2 atom stereocenters. The summed E-state index contributed by atoms with van der Waals surface area (Å²) in [6.45, 7) is 4.63. The maximum Gasteiger partial charge on any atom is 0.0379 e. The molecule has 0 amide bonds. The second kappa shape index (κ2) is 10.1. The summed E-state index contributed by atoms with van der Waals surface area (Å²) in [6.07, 6.45) is 0. The van der Waals surface area contributed by atoms with E-state index in [9.17, 15) is 0 Å². The predicted octanol–water partition coefficient (Wildman–Crippen LogP) is 9.22. The average molecular weight is 427 g/mol. The summed E-state index contributed by atoms with van der Waals surface area (Å²) in [6, 6.07) is 39.0.